The molecule has 0 saturated carbocycles. The minimum atomic E-state index is -0.533. The molecule has 1 aromatic carbocycles. The molecule has 0 fully saturated rings. The monoisotopic (exact) mass is 401 g/mol. The van der Waals surface area contributed by atoms with E-state index in [-0.39, 0.29) is 12.4 Å². The summed E-state index contributed by atoms with van der Waals surface area (Å²) in [6, 6.07) is 8.46. The first kappa shape index (κ1) is 19.3. The SMILES string of the molecule is Cc1cc(C(=O)COC(=O)c2ccc(OCc3csc(C)n3)cc2)c(C)s1. The van der Waals surface area contributed by atoms with E-state index in [9.17, 15) is 9.59 Å². The number of esters is 1. The van der Waals surface area contributed by atoms with Crippen LogP contribution in [-0.2, 0) is 11.3 Å². The molecule has 0 aliphatic heterocycles. The van der Waals surface area contributed by atoms with Gasteiger partial charge in [0.1, 0.15) is 12.4 Å². The molecular weight excluding hydrogens is 382 g/mol. The summed E-state index contributed by atoms with van der Waals surface area (Å²) >= 11 is 3.13. The highest BCUT2D eigenvalue weighted by molar-refractivity contribution is 7.12. The van der Waals surface area contributed by atoms with Crippen LogP contribution in [0.1, 0.15) is 41.2 Å². The number of ether oxygens (including phenoxy) is 2. The maximum atomic E-state index is 12.2. The molecule has 0 amide bonds. The van der Waals surface area contributed by atoms with Crippen LogP contribution < -0.4 is 4.74 Å². The van der Waals surface area contributed by atoms with E-state index in [1.165, 1.54) is 0 Å². The van der Waals surface area contributed by atoms with Gasteiger partial charge in [0.15, 0.2) is 6.61 Å². The van der Waals surface area contributed by atoms with Gasteiger partial charge >= 0.3 is 5.97 Å². The molecule has 0 radical (unpaired) electrons. The Morgan fingerprint density at radius 2 is 1.85 bits per heavy atom. The normalized spacial score (nSPS) is 10.6. The molecule has 0 unspecified atom stereocenters. The standard InChI is InChI=1S/C20H19NO4S2/c1-12-8-18(13(2)27-12)19(22)10-25-20(23)15-4-6-17(7-5-15)24-9-16-11-26-14(3)21-16/h4-8,11H,9-10H2,1-3H3. The van der Waals surface area contributed by atoms with Gasteiger partial charge in [0.25, 0.3) is 0 Å². The zero-order chi connectivity index (χ0) is 19.4. The van der Waals surface area contributed by atoms with E-state index in [2.05, 4.69) is 4.98 Å². The fourth-order valence-electron chi connectivity index (χ4n) is 2.52. The van der Waals surface area contributed by atoms with Crippen molar-refractivity contribution < 1.29 is 19.1 Å². The van der Waals surface area contributed by atoms with E-state index >= 15 is 0 Å². The van der Waals surface area contributed by atoms with Crippen LogP contribution in [0.15, 0.2) is 35.7 Å². The first-order chi connectivity index (χ1) is 12.9. The molecule has 2 heterocycles. The zero-order valence-electron chi connectivity index (χ0n) is 15.3. The lowest BCUT2D eigenvalue weighted by molar-refractivity contribution is 0.0474. The highest BCUT2D eigenvalue weighted by Gasteiger charge is 2.15. The molecule has 0 spiro atoms. The van der Waals surface area contributed by atoms with Gasteiger partial charge in [0.2, 0.25) is 5.78 Å². The largest absolute Gasteiger partial charge is 0.487 e. The van der Waals surface area contributed by atoms with Crippen LogP contribution in [-0.4, -0.2) is 23.3 Å². The van der Waals surface area contributed by atoms with Gasteiger partial charge in [-0.15, -0.1) is 22.7 Å². The molecule has 3 aromatic rings. The van der Waals surface area contributed by atoms with Crippen LogP contribution in [0.4, 0.5) is 0 Å². The van der Waals surface area contributed by atoms with Crippen LogP contribution >= 0.6 is 22.7 Å². The molecule has 27 heavy (non-hydrogen) atoms. The number of ketones is 1. The van der Waals surface area contributed by atoms with Gasteiger partial charge in [-0.05, 0) is 51.1 Å². The van der Waals surface area contributed by atoms with Crippen LogP contribution in [0.3, 0.4) is 0 Å². The zero-order valence-corrected chi connectivity index (χ0v) is 16.9. The molecule has 3 rings (SSSR count). The van der Waals surface area contributed by atoms with Crippen molar-refractivity contribution in [2.75, 3.05) is 6.61 Å². The average molecular weight is 402 g/mol. The maximum absolute atomic E-state index is 12.2. The Kier molecular flexibility index (Phi) is 6.03. The van der Waals surface area contributed by atoms with E-state index in [1.54, 1.807) is 46.9 Å². The fraction of sp³-hybridized carbons (Fsp3) is 0.250. The van der Waals surface area contributed by atoms with Crippen LogP contribution in [0.5, 0.6) is 5.75 Å². The van der Waals surface area contributed by atoms with Gasteiger partial charge < -0.3 is 9.47 Å². The Morgan fingerprint density at radius 3 is 2.44 bits per heavy atom. The first-order valence-electron chi connectivity index (χ1n) is 8.33. The van der Waals surface area contributed by atoms with Crippen molar-refractivity contribution in [2.45, 2.75) is 27.4 Å². The van der Waals surface area contributed by atoms with Gasteiger partial charge in [-0.1, -0.05) is 0 Å². The van der Waals surface area contributed by atoms with Crippen LogP contribution in [0, 0.1) is 20.8 Å². The molecule has 0 saturated heterocycles. The van der Waals surface area contributed by atoms with Crippen molar-refractivity contribution in [3.8, 4) is 5.75 Å². The molecule has 2 aromatic heterocycles. The number of hydrogen-bond acceptors (Lipinski definition) is 7. The highest BCUT2D eigenvalue weighted by Crippen LogP contribution is 2.21. The van der Waals surface area contributed by atoms with E-state index in [1.807, 2.05) is 32.2 Å². The number of carbonyl (C=O) groups is 2. The second-order valence-electron chi connectivity index (χ2n) is 6.00. The van der Waals surface area contributed by atoms with Crippen molar-refractivity contribution in [1.82, 2.24) is 4.98 Å². The number of rotatable bonds is 7. The molecule has 7 heteroatoms. The quantitative estimate of drug-likeness (QED) is 0.422. The predicted molar refractivity (Wildman–Crippen MR) is 106 cm³/mol. The Labute approximate surface area is 165 Å². The summed E-state index contributed by atoms with van der Waals surface area (Å²) in [6.45, 7) is 5.89. The van der Waals surface area contributed by atoms with Crippen LogP contribution in [0.25, 0.3) is 0 Å². The number of aryl methyl sites for hydroxylation is 3. The number of hydrogen-bond donors (Lipinski definition) is 0. The number of benzene rings is 1. The average Bonchev–Trinajstić information content (AvgIpc) is 3.22. The summed E-state index contributed by atoms with van der Waals surface area (Å²) in [6.07, 6.45) is 0. The Bertz CT molecular complexity index is 957. The van der Waals surface area contributed by atoms with Crippen molar-refractivity contribution in [1.29, 1.82) is 0 Å². The third kappa shape index (κ3) is 5.02. The Balaban J connectivity index is 1.52. The van der Waals surface area contributed by atoms with Gasteiger partial charge in [-0.2, -0.15) is 0 Å². The highest BCUT2D eigenvalue weighted by atomic mass is 32.1. The van der Waals surface area contributed by atoms with Gasteiger partial charge in [-0.25, -0.2) is 9.78 Å². The summed E-state index contributed by atoms with van der Waals surface area (Å²) in [5.41, 5.74) is 1.86. The second kappa shape index (κ2) is 8.45. The number of carbonyl (C=O) groups excluding carboxylic acids is 2. The Morgan fingerprint density at radius 1 is 1.11 bits per heavy atom. The number of Topliss-reactive ketones (excluding diaryl/α,β-unsaturated/α-hetero) is 1. The number of aromatic nitrogens is 1. The van der Waals surface area contributed by atoms with Crippen molar-refractivity contribution in [3.05, 3.63) is 67.3 Å². The third-order valence-electron chi connectivity index (χ3n) is 3.82. The lowest BCUT2D eigenvalue weighted by Gasteiger charge is -2.07. The van der Waals surface area contributed by atoms with E-state index in [0.717, 1.165) is 20.5 Å². The minimum Gasteiger partial charge on any atom is -0.487 e. The summed E-state index contributed by atoms with van der Waals surface area (Å²) in [5.74, 6) is -0.0870. The van der Waals surface area contributed by atoms with E-state index in [4.69, 9.17) is 9.47 Å². The number of thiophene rings is 1. The number of thiazole rings is 1. The fourth-order valence-corrected chi connectivity index (χ4v) is 4.06. The lowest BCUT2D eigenvalue weighted by atomic mass is 10.1. The summed E-state index contributed by atoms with van der Waals surface area (Å²) in [4.78, 5) is 30.7. The van der Waals surface area contributed by atoms with Crippen molar-refractivity contribution in [3.63, 3.8) is 0 Å². The summed E-state index contributed by atoms with van der Waals surface area (Å²) in [5, 5.41) is 2.95. The topological polar surface area (TPSA) is 65.5 Å². The molecule has 0 aliphatic rings. The van der Waals surface area contributed by atoms with E-state index in [0.29, 0.717) is 23.5 Å². The van der Waals surface area contributed by atoms with Gasteiger partial charge in [-0.3, -0.25) is 4.79 Å². The first-order valence-corrected chi connectivity index (χ1v) is 10.0. The maximum Gasteiger partial charge on any atom is 0.338 e. The Hall–Kier alpha value is -2.51. The van der Waals surface area contributed by atoms with E-state index < -0.39 is 5.97 Å². The van der Waals surface area contributed by atoms with Gasteiger partial charge in [0, 0.05) is 20.7 Å². The number of nitrogens with zero attached hydrogens (tertiary/aromatic N) is 1. The molecule has 0 bridgehead atoms. The van der Waals surface area contributed by atoms with Crippen molar-refractivity contribution >= 4 is 34.4 Å². The minimum absolute atomic E-state index is 0.191. The third-order valence-corrected chi connectivity index (χ3v) is 5.61. The molecule has 0 N–H and O–H groups in total. The molecule has 5 nitrogen and oxygen atoms in total. The molecule has 0 aliphatic carbocycles. The molecule has 140 valence electrons. The van der Waals surface area contributed by atoms with Crippen LogP contribution in [0.2, 0.25) is 0 Å². The van der Waals surface area contributed by atoms with Gasteiger partial charge in [0.05, 0.1) is 16.3 Å². The smallest absolute Gasteiger partial charge is 0.338 e. The lowest BCUT2D eigenvalue weighted by Crippen LogP contribution is -2.14. The van der Waals surface area contributed by atoms with Crippen molar-refractivity contribution in [2.24, 2.45) is 0 Å². The second-order valence-corrected chi connectivity index (χ2v) is 8.52. The summed E-state index contributed by atoms with van der Waals surface area (Å²) < 4.78 is 10.8. The molecular formula is C20H19NO4S2. The molecule has 0 atom stereocenters. The predicted octanol–water partition coefficient (Wildman–Crippen LogP) is 4.75. The summed E-state index contributed by atoms with van der Waals surface area (Å²) in [7, 11) is 0.